The Kier molecular flexibility index (Phi) is 4.22. The first kappa shape index (κ1) is 19.4. The van der Waals surface area contributed by atoms with Crippen LogP contribution in [0.1, 0.15) is 22.3 Å². The van der Waals surface area contributed by atoms with Gasteiger partial charge in [-0.25, -0.2) is 9.78 Å². The molecule has 30 heavy (non-hydrogen) atoms. The van der Waals surface area contributed by atoms with Gasteiger partial charge in [0, 0.05) is 19.8 Å². The van der Waals surface area contributed by atoms with Gasteiger partial charge in [-0.2, -0.15) is 22.8 Å². The van der Waals surface area contributed by atoms with E-state index in [0.29, 0.717) is 16.7 Å². The number of fused-ring (bicyclic) bond motifs is 1. The molecule has 2 N–H and O–H groups in total. The molecule has 0 spiro atoms. The molecule has 4 aromatic rings. The van der Waals surface area contributed by atoms with Crippen LogP contribution in [0, 0.1) is 6.92 Å². The number of aromatic nitrogens is 8. The average molecular weight is 421 g/mol. The van der Waals surface area contributed by atoms with E-state index in [9.17, 15) is 22.8 Å². The fourth-order valence-corrected chi connectivity index (χ4v) is 2.92. The van der Waals surface area contributed by atoms with Crippen LogP contribution in [0.15, 0.2) is 23.0 Å². The van der Waals surface area contributed by atoms with Crippen molar-refractivity contribution in [1.29, 1.82) is 0 Å². The largest absolute Gasteiger partial charge is 0.451 e. The maximum atomic E-state index is 12.7. The Labute approximate surface area is 165 Å². The van der Waals surface area contributed by atoms with Crippen molar-refractivity contribution in [3.05, 3.63) is 46.2 Å². The smallest absolute Gasteiger partial charge is 0.319 e. The van der Waals surface area contributed by atoms with Gasteiger partial charge in [-0.05, 0) is 25.1 Å². The number of carbonyl (C=O) groups is 1. The third kappa shape index (κ3) is 3.11. The van der Waals surface area contributed by atoms with E-state index in [1.165, 1.54) is 16.1 Å². The second-order valence-electron chi connectivity index (χ2n) is 6.43. The Morgan fingerprint density at radius 3 is 2.50 bits per heavy atom. The zero-order valence-corrected chi connectivity index (χ0v) is 15.8. The summed E-state index contributed by atoms with van der Waals surface area (Å²) >= 11 is 0. The molecule has 0 radical (unpaired) electrons. The number of halogens is 3. The molecule has 0 unspecified atom stereocenters. The number of hydrogen-bond acceptors (Lipinski definition) is 6. The monoisotopic (exact) mass is 421 g/mol. The summed E-state index contributed by atoms with van der Waals surface area (Å²) in [6.45, 7) is 1.44. The van der Waals surface area contributed by atoms with Gasteiger partial charge in [-0.3, -0.25) is 19.0 Å². The summed E-state index contributed by atoms with van der Waals surface area (Å²) in [6, 6.07) is 4.90. The first-order chi connectivity index (χ1) is 14.1. The predicted molar refractivity (Wildman–Crippen MR) is 97.2 cm³/mol. The minimum atomic E-state index is -4.70. The van der Waals surface area contributed by atoms with Crippen LogP contribution in [0.4, 0.5) is 18.9 Å². The maximum absolute atomic E-state index is 12.7. The normalized spacial score (nSPS) is 11.9. The molecule has 0 atom stereocenters. The molecule has 0 aliphatic carbocycles. The van der Waals surface area contributed by atoms with Gasteiger partial charge in [0.2, 0.25) is 11.6 Å². The highest BCUT2D eigenvalue weighted by Gasteiger charge is 2.35. The first-order valence-corrected chi connectivity index (χ1v) is 8.46. The number of benzene rings is 1. The van der Waals surface area contributed by atoms with Gasteiger partial charge in [0.05, 0.1) is 11.0 Å². The van der Waals surface area contributed by atoms with E-state index in [4.69, 9.17) is 0 Å². The second kappa shape index (κ2) is 6.53. The zero-order chi connectivity index (χ0) is 21.8. The SMILES string of the molecule is Cc1nc(C(=O)Nc2ccc3c(c2)n(C)c(=O)n3C)nn1-c1n[nH]c(C(F)(F)F)n1. The van der Waals surface area contributed by atoms with Crippen molar-refractivity contribution < 1.29 is 18.0 Å². The van der Waals surface area contributed by atoms with Crippen molar-refractivity contribution in [3.8, 4) is 5.95 Å². The van der Waals surface area contributed by atoms with Crippen LogP contribution in [-0.4, -0.2) is 45.0 Å². The topological polar surface area (TPSA) is 128 Å². The number of rotatable bonds is 3. The van der Waals surface area contributed by atoms with Gasteiger partial charge >= 0.3 is 11.9 Å². The third-order valence-electron chi connectivity index (χ3n) is 4.43. The third-order valence-corrected chi connectivity index (χ3v) is 4.43. The van der Waals surface area contributed by atoms with Crippen LogP contribution in [0.25, 0.3) is 17.0 Å². The number of aryl methyl sites for hydroxylation is 3. The number of H-pyrrole nitrogens is 1. The lowest BCUT2D eigenvalue weighted by Gasteiger charge is -2.03. The highest BCUT2D eigenvalue weighted by Crippen LogP contribution is 2.26. The van der Waals surface area contributed by atoms with Crippen LogP contribution in [-0.2, 0) is 20.3 Å². The summed E-state index contributed by atoms with van der Waals surface area (Å²) in [5.74, 6) is -2.54. The molecule has 0 saturated heterocycles. The van der Waals surface area contributed by atoms with Crippen molar-refractivity contribution >= 4 is 22.6 Å². The number of aromatic amines is 1. The van der Waals surface area contributed by atoms with Crippen LogP contribution in [0.3, 0.4) is 0 Å². The summed E-state index contributed by atoms with van der Waals surface area (Å²) < 4.78 is 41.9. The van der Waals surface area contributed by atoms with E-state index in [1.54, 1.807) is 37.4 Å². The minimum absolute atomic E-state index is 0.119. The summed E-state index contributed by atoms with van der Waals surface area (Å²) in [6.07, 6.45) is -4.70. The van der Waals surface area contributed by atoms with E-state index < -0.39 is 23.9 Å². The van der Waals surface area contributed by atoms with Gasteiger partial charge < -0.3 is 5.32 Å². The lowest BCUT2D eigenvalue weighted by atomic mass is 10.2. The number of amides is 1. The molecule has 11 nitrogen and oxygen atoms in total. The molecule has 3 aromatic heterocycles. The number of nitrogens with one attached hydrogen (secondary N) is 2. The highest BCUT2D eigenvalue weighted by atomic mass is 19.4. The summed E-state index contributed by atoms with van der Waals surface area (Å²) in [5, 5.41) is 11.7. The number of hydrogen-bond donors (Lipinski definition) is 2. The Hall–Kier alpha value is -3.97. The highest BCUT2D eigenvalue weighted by molar-refractivity contribution is 6.02. The van der Waals surface area contributed by atoms with Gasteiger partial charge in [0.25, 0.3) is 11.9 Å². The average Bonchev–Trinajstić information content (AvgIpc) is 3.36. The van der Waals surface area contributed by atoms with E-state index in [2.05, 4.69) is 25.5 Å². The minimum Gasteiger partial charge on any atom is -0.319 e. The molecule has 14 heteroatoms. The van der Waals surface area contributed by atoms with Gasteiger partial charge in [0.15, 0.2) is 0 Å². The van der Waals surface area contributed by atoms with E-state index in [-0.39, 0.29) is 17.3 Å². The molecule has 0 bridgehead atoms. The summed E-state index contributed by atoms with van der Waals surface area (Å²) in [5.41, 5.74) is 1.47. The molecule has 0 fully saturated rings. The van der Waals surface area contributed by atoms with Crippen molar-refractivity contribution in [2.75, 3.05) is 5.32 Å². The lowest BCUT2D eigenvalue weighted by molar-refractivity contribution is -0.144. The maximum Gasteiger partial charge on any atom is 0.451 e. The lowest BCUT2D eigenvalue weighted by Crippen LogP contribution is -2.19. The molecule has 156 valence electrons. The van der Waals surface area contributed by atoms with Crippen molar-refractivity contribution in [1.82, 2.24) is 39.1 Å². The fraction of sp³-hybridized carbons (Fsp3) is 0.250. The molecule has 1 amide bonds. The van der Waals surface area contributed by atoms with Gasteiger partial charge in [-0.15, -0.1) is 10.2 Å². The molecular formula is C16H14F3N9O2. The molecule has 0 aliphatic heterocycles. The Bertz CT molecular complexity index is 1340. The fourth-order valence-electron chi connectivity index (χ4n) is 2.92. The molecule has 4 rings (SSSR count). The van der Waals surface area contributed by atoms with Crippen LogP contribution in [0.5, 0.6) is 0 Å². The number of nitrogens with zero attached hydrogens (tertiary/aromatic N) is 7. The number of carbonyl (C=O) groups excluding carboxylic acids is 1. The molecular weight excluding hydrogens is 407 g/mol. The summed E-state index contributed by atoms with van der Waals surface area (Å²) in [4.78, 5) is 31.8. The van der Waals surface area contributed by atoms with Gasteiger partial charge in [0.1, 0.15) is 5.82 Å². The van der Waals surface area contributed by atoms with E-state index in [0.717, 1.165) is 4.68 Å². The number of imidazole rings is 1. The standard InChI is InChI=1S/C16H14F3N9O2/c1-7-20-11(25-28(7)14-22-13(23-24-14)16(17,18)19)12(29)21-8-4-5-9-10(6-8)27(3)15(30)26(9)2/h4-6H,1-3H3,(H,21,29)(H,22,23,24). The first-order valence-electron chi connectivity index (χ1n) is 8.46. The van der Waals surface area contributed by atoms with Crippen molar-refractivity contribution in [3.63, 3.8) is 0 Å². The molecule has 0 aliphatic rings. The van der Waals surface area contributed by atoms with Gasteiger partial charge in [-0.1, -0.05) is 0 Å². The zero-order valence-electron chi connectivity index (χ0n) is 15.8. The van der Waals surface area contributed by atoms with Crippen molar-refractivity contribution in [2.24, 2.45) is 14.1 Å². The van der Waals surface area contributed by atoms with E-state index in [1.807, 2.05) is 0 Å². The molecule has 0 saturated carbocycles. The quantitative estimate of drug-likeness (QED) is 0.511. The van der Waals surface area contributed by atoms with Crippen molar-refractivity contribution in [2.45, 2.75) is 13.1 Å². The Morgan fingerprint density at radius 2 is 1.83 bits per heavy atom. The Morgan fingerprint density at radius 1 is 1.13 bits per heavy atom. The Balaban J connectivity index is 1.61. The van der Waals surface area contributed by atoms with Crippen LogP contribution >= 0.6 is 0 Å². The second-order valence-corrected chi connectivity index (χ2v) is 6.43. The summed E-state index contributed by atoms with van der Waals surface area (Å²) in [7, 11) is 3.24. The molecule has 3 heterocycles. The van der Waals surface area contributed by atoms with Crippen LogP contribution in [0.2, 0.25) is 0 Å². The molecule has 1 aromatic carbocycles. The number of anilines is 1. The predicted octanol–water partition coefficient (Wildman–Crippen LogP) is 1.16. The van der Waals surface area contributed by atoms with Crippen LogP contribution < -0.4 is 11.0 Å². The van der Waals surface area contributed by atoms with E-state index >= 15 is 0 Å². The number of alkyl halides is 3.